The lowest BCUT2D eigenvalue weighted by atomic mass is 10.1. The molecule has 0 aliphatic carbocycles. The minimum absolute atomic E-state index is 0.255. The predicted octanol–water partition coefficient (Wildman–Crippen LogP) is 1.89. The Kier molecular flexibility index (Phi) is 5.29. The van der Waals surface area contributed by atoms with Crippen LogP contribution in [0.5, 0.6) is 0 Å². The van der Waals surface area contributed by atoms with Crippen molar-refractivity contribution < 1.29 is 5.11 Å². The van der Waals surface area contributed by atoms with E-state index >= 15 is 0 Å². The van der Waals surface area contributed by atoms with Gasteiger partial charge in [-0.05, 0) is 25.5 Å². The van der Waals surface area contributed by atoms with Crippen molar-refractivity contribution in [3.05, 3.63) is 30.1 Å². The van der Waals surface area contributed by atoms with E-state index in [1.165, 1.54) is 0 Å². The average Bonchev–Trinajstić information content (AvgIpc) is 2.25. The summed E-state index contributed by atoms with van der Waals surface area (Å²) in [4.78, 5) is 4.33. The van der Waals surface area contributed by atoms with Gasteiger partial charge in [0.2, 0.25) is 0 Å². The van der Waals surface area contributed by atoms with Gasteiger partial charge in [-0.15, -0.1) is 0 Å². The summed E-state index contributed by atoms with van der Waals surface area (Å²) in [6.45, 7) is 4.55. The van der Waals surface area contributed by atoms with Crippen LogP contribution in [0.2, 0.25) is 0 Å². The Morgan fingerprint density at radius 3 is 2.80 bits per heavy atom. The van der Waals surface area contributed by atoms with Gasteiger partial charge in [-0.25, -0.2) is 0 Å². The molecule has 15 heavy (non-hydrogen) atoms. The highest BCUT2D eigenvalue weighted by molar-refractivity contribution is 5.08. The van der Waals surface area contributed by atoms with Crippen molar-refractivity contribution in [1.29, 1.82) is 0 Å². The van der Waals surface area contributed by atoms with Crippen molar-refractivity contribution in [2.24, 2.45) is 0 Å². The van der Waals surface area contributed by atoms with Gasteiger partial charge in [0.25, 0.3) is 0 Å². The van der Waals surface area contributed by atoms with E-state index < -0.39 is 0 Å². The first-order valence-corrected chi connectivity index (χ1v) is 5.56. The van der Waals surface area contributed by atoms with Crippen LogP contribution >= 0.6 is 0 Å². The van der Waals surface area contributed by atoms with Crippen molar-refractivity contribution in [3.8, 4) is 0 Å². The summed E-state index contributed by atoms with van der Waals surface area (Å²) in [5.41, 5.74) is 1.06. The standard InChI is InChI=1S/C12H20N2O/c1-3-6-11(14-9-10(2)15)12-7-4-5-8-13-12/h4-5,7-8,10-11,14-15H,3,6,9H2,1-2H3/t10-,11?/m0/s1. The molecule has 1 aromatic heterocycles. The molecule has 0 spiro atoms. The van der Waals surface area contributed by atoms with E-state index in [1.54, 1.807) is 6.92 Å². The number of aliphatic hydroxyl groups is 1. The maximum Gasteiger partial charge on any atom is 0.0636 e. The van der Waals surface area contributed by atoms with E-state index in [4.69, 9.17) is 0 Å². The van der Waals surface area contributed by atoms with Crippen molar-refractivity contribution in [2.45, 2.75) is 38.8 Å². The predicted molar refractivity (Wildman–Crippen MR) is 61.6 cm³/mol. The minimum Gasteiger partial charge on any atom is -0.392 e. The molecule has 0 fully saturated rings. The summed E-state index contributed by atoms with van der Waals surface area (Å²) >= 11 is 0. The fraction of sp³-hybridized carbons (Fsp3) is 0.583. The van der Waals surface area contributed by atoms with E-state index in [0.29, 0.717) is 6.54 Å². The Morgan fingerprint density at radius 2 is 2.27 bits per heavy atom. The topological polar surface area (TPSA) is 45.1 Å². The van der Waals surface area contributed by atoms with Crippen LogP contribution in [0, 0.1) is 0 Å². The summed E-state index contributed by atoms with van der Waals surface area (Å²) in [6, 6.07) is 6.19. The van der Waals surface area contributed by atoms with Crippen LogP contribution in [-0.4, -0.2) is 22.7 Å². The van der Waals surface area contributed by atoms with Crippen LogP contribution < -0.4 is 5.32 Å². The van der Waals surface area contributed by atoms with Crippen LogP contribution in [0.3, 0.4) is 0 Å². The molecule has 0 aliphatic heterocycles. The molecular formula is C12H20N2O. The molecule has 1 heterocycles. The highest BCUT2D eigenvalue weighted by atomic mass is 16.3. The van der Waals surface area contributed by atoms with E-state index in [2.05, 4.69) is 17.2 Å². The quantitative estimate of drug-likeness (QED) is 0.750. The van der Waals surface area contributed by atoms with Gasteiger partial charge >= 0.3 is 0 Å². The Labute approximate surface area is 91.5 Å². The zero-order valence-corrected chi connectivity index (χ0v) is 9.48. The number of rotatable bonds is 6. The molecule has 0 amide bonds. The molecule has 0 aliphatic rings. The molecule has 0 aromatic carbocycles. The van der Waals surface area contributed by atoms with Gasteiger partial charge in [-0.3, -0.25) is 4.98 Å². The molecule has 2 N–H and O–H groups in total. The van der Waals surface area contributed by atoms with E-state index in [-0.39, 0.29) is 12.1 Å². The first-order chi connectivity index (χ1) is 7.24. The lowest BCUT2D eigenvalue weighted by molar-refractivity contribution is 0.185. The fourth-order valence-electron chi connectivity index (χ4n) is 1.54. The molecule has 0 saturated carbocycles. The molecule has 3 nitrogen and oxygen atoms in total. The van der Waals surface area contributed by atoms with Gasteiger partial charge in [0.05, 0.1) is 11.8 Å². The highest BCUT2D eigenvalue weighted by Crippen LogP contribution is 2.15. The number of aliphatic hydroxyl groups excluding tert-OH is 1. The summed E-state index contributed by atoms with van der Waals surface area (Å²) in [5.74, 6) is 0. The summed E-state index contributed by atoms with van der Waals surface area (Å²) in [5, 5.41) is 12.6. The Balaban J connectivity index is 2.57. The molecule has 0 saturated heterocycles. The zero-order valence-electron chi connectivity index (χ0n) is 9.48. The third kappa shape index (κ3) is 4.40. The van der Waals surface area contributed by atoms with Crippen molar-refractivity contribution in [3.63, 3.8) is 0 Å². The van der Waals surface area contributed by atoms with Crippen molar-refractivity contribution in [2.75, 3.05) is 6.54 Å². The minimum atomic E-state index is -0.312. The molecule has 0 bridgehead atoms. The Bertz CT molecular complexity index is 262. The number of nitrogens with zero attached hydrogens (tertiary/aromatic N) is 1. The smallest absolute Gasteiger partial charge is 0.0636 e. The maximum atomic E-state index is 9.23. The van der Waals surface area contributed by atoms with Crippen molar-refractivity contribution >= 4 is 0 Å². The lowest BCUT2D eigenvalue weighted by Crippen LogP contribution is -2.29. The molecular weight excluding hydrogens is 188 g/mol. The molecule has 1 rings (SSSR count). The first kappa shape index (κ1) is 12.1. The lowest BCUT2D eigenvalue weighted by Gasteiger charge is -2.18. The van der Waals surface area contributed by atoms with Gasteiger partial charge in [0, 0.05) is 18.8 Å². The zero-order chi connectivity index (χ0) is 11.1. The average molecular weight is 208 g/mol. The summed E-state index contributed by atoms with van der Waals surface area (Å²) in [6.07, 6.45) is 3.65. The van der Waals surface area contributed by atoms with Gasteiger partial charge in [0.15, 0.2) is 0 Å². The van der Waals surface area contributed by atoms with Gasteiger partial charge in [-0.1, -0.05) is 19.4 Å². The summed E-state index contributed by atoms with van der Waals surface area (Å²) < 4.78 is 0. The van der Waals surface area contributed by atoms with E-state index in [9.17, 15) is 5.11 Å². The van der Waals surface area contributed by atoms with Crippen LogP contribution in [0.4, 0.5) is 0 Å². The third-order valence-electron chi connectivity index (χ3n) is 2.28. The number of hydrogen-bond donors (Lipinski definition) is 2. The van der Waals surface area contributed by atoms with Crippen LogP contribution in [0.25, 0.3) is 0 Å². The normalized spacial score (nSPS) is 14.9. The van der Waals surface area contributed by atoms with Gasteiger partial charge in [0.1, 0.15) is 0 Å². The number of hydrogen-bond acceptors (Lipinski definition) is 3. The second-order valence-corrected chi connectivity index (χ2v) is 3.85. The van der Waals surface area contributed by atoms with E-state index in [1.807, 2.05) is 24.4 Å². The monoisotopic (exact) mass is 208 g/mol. The number of nitrogens with one attached hydrogen (secondary N) is 1. The second kappa shape index (κ2) is 6.53. The molecule has 0 radical (unpaired) electrons. The largest absolute Gasteiger partial charge is 0.392 e. The molecule has 2 atom stereocenters. The Morgan fingerprint density at radius 1 is 1.47 bits per heavy atom. The molecule has 1 aromatic rings. The first-order valence-electron chi connectivity index (χ1n) is 5.56. The molecule has 1 unspecified atom stereocenters. The van der Waals surface area contributed by atoms with Gasteiger partial charge < -0.3 is 10.4 Å². The maximum absolute atomic E-state index is 9.23. The molecule has 84 valence electrons. The number of aromatic nitrogens is 1. The summed E-state index contributed by atoms with van der Waals surface area (Å²) in [7, 11) is 0. The van der Waals surface area contributed by atoms with Gasteiger partial charge in [-0.2, -0.15) is 0 Å². The molecule has 3 heteroatoms. The van der Waals surface area contributed by atoms with Crippen LogP contribution in [0.1, 0.15) is 38.4 Å². The third-order valence-corrected chi connectivity index (χ3v) is 2.28. The second-order valence-electron chi connectivity index (χ2n) is 3.85. The Hall–Kier alpha value is -0.930. The SMILES string of the molecule is CCCC(NC[C@H](C)O)c1ccccn1. The number of pyridine rings is 1. The van der Waals surface area contributed by atoms with Crippen molar-refractivity contribution in [1.82, 2.24) is 10.3 Å². The van der Waals surface area contributed by atoms with E-state index in [0.717, 1.165) is 18.5 Å². The van der Waals surface area contributed by atoms with Crippen LogP contribution in [-0.2, 0) is 0 Å². The fourth-order valence-corrected chi connectivity index (χ4v) is 1.54. The van der Waals surface area contributed by atoms with Crippen LogP contribution in [0.15, 0.2) is 24.4 Å². The highest BCUT2D eigenvalue weighted by Gasteiger charge is 2.11.